The summed E-state index contributed by atoms with van der Waals surface area (Å²) in [4.78, 5) is 17.8. The molecule has 10 nitrogen and oxygen atoms in total. The number of rotatable bonds is 11. The first-order valence-electron chi connectivity index (χ1n) is 13.9. The first-order valence-corrected chi connectivity index (χ1v) is 13.9. The minimum atomic E-state index is -0.687. The van der Waals surface area contributed by atoms with Crippen LogP contribution in [0.4, 0.5) is 31.8 Å². The predicted octanol–water partition coefficient (Wildman–Crippen LogP) is 6.54. The maximum atomic E-state index is 15.1. The molecule has 1 aliphatic carbocycles. The first-order chi connectivity index (χ1) is 20.9. The van der Waals surface area contributed by atoms with Crippen molar-refractivity contribution in [2.75, 3.05) is 24.4 Å². The zero-order valence-corrected chi connectivity index (χ0v) is 23.9. The summed E-state index contributed by atoms with van der Waals surface area (Å²) in [5.41, 5.74) is 3.67. The van der Waals surface area contributed by atoms with Crippen molar-refractivity contribution in [1.29, 1.82) is 0 Å². The van der Waals surface area contributed by atoms with Gasteiger partial charge in [-0.25, -0.2) is 18.7 Å². The zero-order valence-electron chi connectivity index (χ0n) is 23.9. The second-order valence-corrected chi connectivity index (χ2v) is 10.1. The molecule has 1 fully saturated rings. The van der Waals surface area contributed by atoms with E-state index in [4.69, 9.17) is 24.5 Å². The third-order valence-corrected chi connectivity index (χ3v) is 7.10. The standard InChI is InChI=1S/C31H30F2N8O2/c1-4-43-22-15-24(32)23(25(33)16-22)17-41-27(19-5-6-19)18(2)26(40-41)29-38-30(36-20-7-11-34-12-8-20)28(42-3)31(39-29)37-21-9-13-35-14-10-21/h7-16,19H,4-6,17H2,1-3H3,(H2,34,35,36,37,38,39). The van der Waals surface area contributed by atoms with Crippen LogP contribution >= 0.6 is 0 Å². The van der Waals surface area contributed by atoms with Gasteiger partial charge in [-0.1, -0.05) is 0 Å². The van der Waals surface area contributed by atoms with Crippen LogP contribution in [0.25, 0.3) is 11.5 Å². The van der Waals surface area contributed by atoms with Crippen LogP contribution in [0, 0.1) is 18.6 Å². The molecule has 1 saturated carbocycles. The number of nitrogens with one attached hydrogen (secondary N) is 2. The fraction of sp³-hybridized carbons (Fsp3) is 0.258. The van der Waals surface area contributed by atoms with E-state index in [9.17, 15) is 0 Å². The summed E-state index contributed by atoms with van der Waals surface area (Å²) in [7, 11) is 1.54. The summed E-state index contributed by atoms with van der Waals surface area (Å²) in [6.45, 7) is 3.93. The molecule has 0 bridgehead atoms. The topological polar surface area (TPSA) is 112 Å². The zero-order chi connectivity index (χ0) is 29.9. The number of methoxy groups -OCH3 is 1. The quantitative estimate of drug-likeness (QED) is 0.179. The van der Waals surface area contributed by atoms with Crippen molar-refractivity contribution in [3.8, 4) is 23.0 Å². The van der Waals surface area contributed by atoms with Crippen LogP contribution in [0.3, 0.4) is 0 Å². The molecule has 43 heavy (non-hydrogen) atoms. The highest BCUT2D eigenvalue weighted by Gasteiger charge is 2.33. The summed E-state index contributed by atoms with van der Waals surface area (Å²) < 4.78 is 42.9. The number of hydrogen-bond donors (Lipinski definition) is 2. The lowest BCUT2D eigenvalue weighted by molar-refractivity contribution is 0.335. The second kappa shape index (κ2) is 12.0. The SMILES string of the molecule is CCOc1cc(F)c(Cn2nc(-c3nc(Nc4ccncc4)c(OC)c(Nc4ccncc4)n3)c(C)c2C2CC2)c(F)c1. The predicted molar refractivity (Wildman–Crippen MR) is 158 cm³/mol. The van der Waals surface area contributed by atoms with E-state index in [0.29, 0.717) is 35.5 Å². The lowest BCUT2D eigenvalue weighted by atomic mass is 10.1. The Hall–Kier alpha value is -5.13. The maximum absolute atomic E-state index is 15.1. The van der Waals surface area contributed by atoms with E-state index in [1.165, 1.54) is 12.1 Å². The molecule has 6 rings (SSSR count). The fourth-order valence-electron chi connectivity index (χ4n) is 4.96. The van der Waals surface area contributed by atoms with Gasteiger partial charge in [0, 0.05) is 71.0 Å². The summed E-state index contributed by atoms with van der Waals surface area (Å²) >= 11 is 0. The van der Waals surface area contributed by atoms with Gasteiger partial charge in [0.2, 0.25) is 5.75 Å². The number of benzene rings is 1. The highest BCUT2D eigenvalue weighted by molar-refractivity contribution is 5.76. The van der Waals surface area contributed by atoms with E-state index in [1.807, 2.05) is 31.2 Å². The normalized spacial score (nSPS) is 12.7. The van der Waals surface area contributed by atoms with Crippen LogP contribution in [0.15, 0.2) is 61.2 Å². The van der Waals surface area contributed by atoms with E-state index in [-0.39, 0.29) is 23.8 Å². The molecule has 2 N–H and O–H groups in total. The Morgan fingerprint density at radius 1 is 0.907 bits per heavy atom. The van der Waals surface area contributed by atoms with Gasteiger partial charge < -0.3 is 20.1 Å². The van der Waals surface area contributed by atoms with E-state index in [1.54, 1.807) is 43.5 Å². The van der Waals surface area contributed by atoms with Gasteiger partial charge in [-0.15, -0.1) is 0 Å². The van der Waals surface area contributed by atoms with Crippen molar-refractivity contribution >= 4 is 23.0 Å². The molecule has 0 amide bonds. The molecule has 0 atom stereocenters. The number of nitrogens with zero attached hydrogens (tertiary/aromatic N) is 6. The molecule has 1 aliphatic rings. The van der Waals surface area contributed by atoms with Crippen LogP contribution in [0.1, 0.15) is 42.5 Å². The average Bonchev–Trinajstić information content (AvgIpc) is 3.78. The Bertz CT molecular complexity index is 1660. The monoisotopic (exact) mass is 584 g/mol. The minimum absolute atomic E-state index is 0.0862. The van der Waals surface area contributed by atoms with Crippen molar-refractivity contribution < 1.29 is 18.3 Å². The molecule has 5 aromatic rings. The molecule has 0 spiro atoms. The molecular formula is C31H30F2N8O2. The van der Waals surface area contributed by atoms with Crippen molar-refractivity contribution in [3.05, 3.63) is 89.6 Å². The van der Waals surface area contributed by atoms with Gasteiger partial charge in [-0.2, -0.15) is 5.10 Å². The van der Waals surface area contributed by atoms with Crippen LogP contribution in [-0.2, 0) is 6.54 Å². The van der Waals surface area contributed by atoms with Crippen LogP contribution in [0.2, 0.25) is 0 Å². The Balaban J connectivity index is 1.46. The molecule has 4 heterocycles. The van der Waals surface area contributed by atoms with Gasteiger partial charge in [-0.3, -0.25) is 14.6 Å². The van der Waals surface area contributed by atoms with Gasteiger partial charge >= 0.3 is 0 Å². The molecular weight excluding hydrogens is 554 g/mol. The first kappa shape index (κ1) is 28.0. The number of hydrogen-bond acceptors (Lipinski definition) is 9. The lowest BCUT2D eigenvalue weighted by Crippen LogP contribution is -2.10. The van der Waals surface area contributed by atoms with Crippen LogP contribution < -0.4 is 20.1 Å². The van der Waals surface area contributed by atoms with Gasteiger partial charge in [0.25, 0.3) is 0 Å². The van der Waals surface area contributed by atoms with Crippen molar-refractivity contribution in [3.63, 3.8) is 0 Å². The number of pyridine rings is 2. The highest BCUT2D eigenvalue weighted by atomic mass is 19.1. The smallest absolute Gasteiger partial charge is 0.204 e. The van der Waals surface area contributed by atoms with E-state index < -0.39 is 11.6 Å². The van der Waals surface area contributed by atoms with E-state index in [0.717, 1.165) is 35.5 Å². The van der Waals surface area contributed by atoms with Crippen molar-refractivity contribution in [2.24, 2.45) is 0 Å². The second-order valence-electron chi connectivity index (χ2n) is 10.1. The number of aromatic nitrogens is 6. The average molecular weight is 585 g/mol. The molecule has 0 unspecified atom stereocenters. The Morgan fingerprint density at radius 3 is 1.95 bits per heavy atom. The summed E-state index contributed by atoms with van der Waals surface area (Å²) in [5, 5.41) is 11.4. The third kappa shape index (κ3) is 5.94. The van der Waals surface area contributed by atoms with Gasteiger partial charge in [0.05, 0.1) is 20.3 Å². The molecule has 12 heteroatoms. The highest BCUT2D eigenvalue weighted by Crippen LogP contribution is 2.44. The Morgan fingerprint density at radius 2 is 1.47 bits per heavy atom. The summed E-state index contributed by atoms with van der Waals surface area (Å²) in [6.07, 6.45) is 8.60. The van der Waals surface area contributed by atoms with Crippen molar-refractivity contribution in [1.82, 2.24) is 29.7 Å². The van der Waals surface area contributed by atoms with Gasteiger partial charge in [-0.05, 0) is 51.0 Å². The Kier molecular flexibility index (Phi) is 7.82. The minimum Gasteiger partial charge on any atom is -0.494 e. The van der Waals surface area contributed by atoms with Crippen molar-refractivity contribution in [2.45, 2.75) is 39.2 Å². The third-order valence-electron chi connectivity index (χ3n) is 7.10. The maximum Gasteiger partial charge on any atom is 0.204 e. The summed E-state index contributed by atoms with van der Waals surface area (Å²) in [6, 6.07) is 9.64. The number of ether oxygens (including phenoxy) is 2. The summed E-state index contributed by atoms with van der Waals surface area (Å²) in [5.74, 6) is 0.520. The van der Waals surface area contributed by atoms with Crippen LogP contribution in [-0.4, -0.2) is 43.4 Å². The molecule has 0 aliphatic heterocycles. The van der Waals surface area contributed by atoms with Gasteiger partial charge in [0.15, 0.2) is 17.5 Å². The molecule has 220 valence electrons. The molecule has 4 aromatic heterocycles. The fourth-order valence-corrected chi connectivity index (χ4v) is 4.96. The lowest BCUT2D eigenvalue weighted by Gasteiger charge is -2.16. The number of anilines is 4. The number of halogens is 2. The molecule has 1 aromatic carbocycles. The van der Waals surface area contributed by atoms with Crippen LogP contribution in [0.5, 0.6) is 11.5 Å². The molecule has 0 radical (unpaired) electrons. The van der Waals surface area contributed by atoms with Gasteiger partial charge in [0.1, 0.15) is 23.1 Å². The van der Waals surface area contributed by atoms with E-state index in [2.05, 4.69) is 20.6 Å². The largest absolute Gasteiger partial charge is 0.494 e. The van der Waals surface area contributed by atoms with E-state index >= 15 is 8.78 Å². The Labute approximate surface area is 247 Å². The molecule has 0 saturated heterocycles.